The predicted molar refractivity (Wildman–Crippen MR) is 342 cm³/mol. The quantitative estimate of drug-likeness (QED) is 0.159. The van der Waals surface area contributed by atoms with Crippen molar-refractivity contribution in [2.75, 3.05) is 14.7 Å². The molecule has 12 rings (SSSR count). The molecule has 8 aromatic carbocycles. The number of anilines is 8. The van der Waals surface area contributed by atoms with Gasteiger partial charge in [0.1, 0.15) is 0 Å². The Morgan fingerprint density at radius 3 is 1.49 bits per heavy atom. The Morgan fingerprint density at radius 2 is 0.886 bits per heavy atom. The summed E-state index contributed by atoms with van der Waals surface area (Å²) in [6.45, 7) is 37.9. The van der Waals surface area contributed by atoms with Gasteiger partial charge in [-0.15, -0.1) is 0 Å². The van der Waals surface area contributed by atoms with Gasteiger partial charge in [0.2, 0.25) is 0 Å². The highest BCUT2D eigenvalue weighted by molar-refractivity contribution is 7.00. The first-order chi connectivity index (χ1) is 37.2. The summed E-state index contributed by atoms with van der Waals surface area (Å²) < 4.78 is 0. The Morgan fingerprint density at radius 1 is 0.380 bits per heavy atom. The summed E-state index contributed by atoms with van der Waals surface area (Å²) in [5.41, 5.74) is 25.2. The van der Waals surface area contributed by atoms with Gasteiger partial charge in [-0.05, 0) is 162 Å². The third-order valence-electron chi connectivity index (χ3n) is 18.9. The molecular formula is C75H84BN3. The van der Waals surface area contributed by atoms with E-state index in [1.165, 1.54) is 125 Å². The Balaban J connectivity index is 1.23. The fraction of sp³-hybridized carbons (Fsp3) is 0.360. The van der Waals surface area contributed by atoms with Gasteiger partial charge in [0.05, 0.1) is 11.2 Å². The van der Waals surface area contributed by atoms with Crippen LogP contribution >= 0.6 is 0 Å². The SMILES string of the molecule is CC(C)(C)c1ccc(C23CCCCC2(C)N(c2cc4c5c(c2)N(c2ccc(C(C)(C)C)cc2-c2ccccc2)c2cc(C(C)(C)C)ccc2B5c2ccc(C(C)(C)C)cc2N4c2cccc(C(C)(C)C)c2)c2ccccc23)cc1. The highest BCUT2D eigenvalue weighted by atomic mass is 15.3. The molecule has 0 spiro atoms. The van der Waals surface area contributed by atoms with Crippen molar-refractivity contribution in [1.29, 1.82) is 0 Å². The lowest BCUT2D eigenvalue weighted by molar-refractivity contribution is 0.215. The van der Waals surface area contributed by atoms with Crippen molar-refractivity contribution in [3.63, 3.8) is 0 Å². The summed E-state index contributed by atoms with van der Waals surface area (Å²) in [6, 6.07) is 67.5. The molecule has 4 heteroatoms. The van der Waals surface area contributed by atoms with Gasteiger partial charge in [0, 0.05) is 50.8 Å². The van der Waals surface area contributed by atoms with Gasteiger partial charge < -0.3 is 14.7 Å². The summed E-state index contributed by atoms with van der Waals surface area (Å²) in [5, 5.41) is 0. The second-order valence-corrected chi connectivity index (χ2v) is 29.3. The minimum atomic E-state index is -0.290. The number of benzene rings is 8. The summed E-state index contributed by atoms with van der Waals surface area (Å²) in [6.07, 6.45) is 4.53. The molecule has 79 heavy (non-hydrogen) atoms. The van der Waals surface area contributed by atoms with Crippen LogP contribution in [0.3, 0.4) is 0 Å². The zero-order chi connectivity index (χ0) is 56.0. The zero-order valence-electron chi connectivity index (χ0n) is 50.4. The van der Waals surface area contributed by atoms with Crippen molar-refractivity contribution < 1.29 is 0 Å². The smallest absolute Gasteiger partial charge is 0.252 e. The Labute approximate surface area is 475 Å². The van der Waals surface area contributed by atoms with Crippen molar-refractivity contribution in [2.24, 2.45) is 0 Å². The largest absolute Gasteiger partial charge is 0.334 e. The van der Waals surface area contributed by atoms with Gasteiger partial charge in [-0.25, -0.2) is 0 Å². The van der Waals surface area contributed by atoms with Gasteiger partial charge in [-0.2, -0.15) is 0 Å². The molecule has 8 aromatic rings. The third kappa shape index (κ3) is 8.43. The first-order valence-electron chi connectivity index (χ1n) is 29.6. The number of nitrogens with zero attached hydrogens (tertiary/aromatic N) is 3. The van der Waals surface area contributed by atoms with E-state index in [9.17, 15) is 0 Å². The van der Waals surface area contributed by atoms with Crippen LogP contribution < -0.4 is 31.1 Å². The molecule has 0 amide bonds. The molecule has 1 aliphatic carbocycles. The van der Waals surface area contributed by atoms with Crippen LogP contribution in [0.4, 0.5) is 45.5 Å². The van der Waals surface area contributed by atoms with E-state index >= 15 is 0 Å². The molecule has 0 aromatic heterocycles. The van der Waals surface area contributed by atoms with E-state index in [-0.39, 0.29) is 44.7 Å². The normalized spacial score (nSPS) is 18.9. The Bertz CT molecular complexity index is 3680. The van der Waals surface area contributed by atoms with Gasteiger partial charge in [0.25, 0.3) is 6.71 Å². The van der Waals surface area contributed by atoms with Gasteiger partial charge >= 0.3 is 0 Å². The lowest BCUT2D eigenvalue weighted by Gasteiger charge is -2.53. The van der Waals surface area contributed by atoms with Crippen LogP contribution in [0.1, 0.15) is 175 Å². The van der Waals surface area contributed by atoms with Crippen LogP contribution in [0.5, 0.6) is 0 Å². The van der Waals surface area contributed by atoms with E-state index in [4.69, 9.17) is 0 Å². The lowest BCUT2D eigenvalue weighted by Crippen LogP contribution is -2.62. The fourth-order valence-electron chi connectivity index (χ4n) is 14.4. The van der Waals surface area contributed by atoms with Gasteiger partial charge in [-0.3, -0.25) is 0 Å². The molecule has 402 valence electrons. The maximum atomic E-state index is 2.84. The second-order valence-electron chi connectivity index (χ2n) is 29.3. The molecule has 0 saturated heterocycles. The van der Waals surface area contributed by atoms with E-state index in [1.54, 1.807) is 0 Å². The molecule has 0 N–H and O–H groups in total. The number of hydrogen-bond acceptors (Lipinski definition) is 3. The van der Waals surface area contributed by atoms with E-state index in [2.05, 4.69) is 295 Å². The van der Waals surface area contributed by atoms with Crippen LogP contribution in [-0.2, 0) is 32.5 Å². The summed E-state index contributed by atoms with van der Waals surface area (Å²) in [7, 11) is 0. The van der Waals surface area contributed by atoms with Crippen LogP contribution in [-0.4, -0.2) is 12.3 Å². The van der Waals surface area contributed by atoms with Crippen molar-refractivity contribution in [3.8, 4) is 11.1 Å². The van der Waals surface area contributed by atoms with E-state index in [0.29, 0.717) is 0 Å². The topological polar surface area (TPSA) is 9.72 Å². The molecule has 3 heterocycles. The van der Waals surface area contributed by atoms with E-state index < -0.39 is 0 Å². The van der Waals surface area contributed by atoms with Gasteiger partial charge in [-0.1, -0.05) is 232 Å². The van der Waals surface area contributed by atoms with Crippen LogP contribution in [0, 0.1) is 0 Å². The summed E-state index contributed by atoms with van der Waals surface area (Å²) in [5.74, 6) is 0. The number of rotatable bonds is 5. The second kappa shape index (κ2) is 18.1. The van der Waals surface area contributed by atoms with Crippen molar-refractivity contribution >= 4 is 68.6 Å². The molecule has 1 saturated carbocycles. The van der Waals surface area contributed by atoms with E-state index in [1.807, 2.05) is 0 Å². The first-order valence-corrected chi connectivity index (χ1v) is 29.6. The van der Waals surface area contributed by atoms with Crippen molar-refractivity contribution in [1.82, 2.24) is 0 Å². The third-order valence-corrected chi connectivity index (χ3v) is 18.9. The number of para-hydroxylation sites is 1. The average Bonchev–Trinajstić information content (AvgIpc) is 2.47. The molecular weight excluding hydrogens is 954 g/mol. The van der Waals surface area contributed by atoms with Crippen LogP contribution in [0.2, 0.25) is 0 Å². The molecule has 3 aliphatic heterocycles. The van der Waals surface area contributed by atoms with E-state index in [0.717, 1.165) is 12.8 Å². The highest BCUT2D eigenvalue weighted by Gasteiger charge is 2.61. The summed E-state index contributed by atoms with van der Waals surface area (Å²) >= 11 is 0. The number of hydrogen-bond donors (Lipinski definition) is 0. The molecule has 3 nitrogen and oxygen atoms in total. The molecule has 2 unspecified atom stereocenters. The Kier molecular flexibility index (Phi) is 12.1. The Hall–Kier alpha value is -6.78. The molecule has 4 aliphatic rings. The standard InChI is InChI=1S/C75H84BN3/c1-69(2,3)50-31-33-51(34-32-50)75-42-23-22-41-74(75,16)79(63-30-21-20-29-59(63)75)57-47-66-68-67(48-57)78(62-40-37-53(71(7,8)9)44-58(62)49-25-18-17-19-26-49)65-46-55(73(13,14)15)36-39-61(65)76(68)60-38-35-54(72(10,11)12)45-64(60)77(66)56-28-24-27-52(43-56)70(4,5)6/h17-21,24-40,43-48H,22-23,41-42H2,1-16H3. The van der Waals surface area contributed by atoms with Gasteiger partial charge in [0.15, 0.2) is 0 Å². The minimum absolute atomic E-state index is 0.0315. The molecule has 0 bridgehead atoms. The van der Waals surface area contributed by atoms with Crippen LogP contribution in [0.15, 0.2) is 170 Å². The maximum absolute atomic E-state index is 2.84. The molecule has 1 fully saturated rings. The monoisotopic (exact) mass is 1040 g/mol. The lowest BCUT2D eigenvalue weighted by atomic mass is 9.33. The first kappa shape index (κ1) is 52.9. The molecule has 2 atom stereocenters. The number of fused-ring (bicyclic) bond motifs is 7. The molecule has 0 radical (unpaired) electrons. The minimum Gasteiger partial charge on any atom is -0.334 e. The van der Waals surface area contributed by atoms with Crippen LogP contribution in [0.25, 0.3) is 11.1 Å². The van der Waals surface area contributed by atoms with Crippen molar-refractivity contribution in [2.45, 2.75) is 174 Å². The summed E-state index contributed by atoms with van der Waals surface area (Å²) in [4.78, 5) is 8.23. The average molecular weight is 1040 g/mol. The fourth-order valence-corrected chi connectivity index (χ4v) is 14.4. The predicted octanol–water partition coefficient (Wildman–Crippen LogP) is 18.7. The van der Waals surface area contributed by atoms with Crippen molar-refractivity contribution in [3.05, 3.63) is 209 Å². The zero-order valence-corrected chi connectivity index (χ0v) is 50.4. The highest BCUT2D eigenvalue weighted by Crippen LogP contribution is 2.64. The maximum Gasteiger partial charge on any atom is 0.252 e.